The largest absolute Gasteiger partial charge is 0.444 e. The number of ether oxygens (including phenoxy) is 2. The summed E-state index contributed by atoms with van der Waals surface area (Å²) in [5.41, 5.74) is -1.08. The van der Waals surface area contributed by atoms with E-state index in [1.165, 1.54) is 4.52 Å². The molecule has 2 atom stereocenters. The molecule has 0 radical (unpaired) electrons. The predicted molar refractivity (Wildman–Crippen MR) is 162 cm³/mol. The van der Waals surface area contributed by atoms with Crippen molar-refractivity contribution >= 4 is 40.8 Å². The van der Waals surface area contributed by atoms with Crippen molar-refractivity contribution in [2.45, 2.75) is 58.4 Å². The van der Waals surface area contributed by atoms with Gasteiger partial charge >= 0.3 is 12.3 Å². The number of amides is 2. The van der Waals surface area contributed by atoms with Crippen LogP contribution in [0.15, 0.2) is 23.0 Å². The number of nitrogens with zero attached hydrogens (tertiary/aromatic N) is 6. The van der Waals surface area contributed by atoms with Gasteiger partial charge in [0.2, 0.25) is 11.7 Å². The van der Waals surface area contributed by atoms with Gasteiger partial charge in [-0.3, -0.25) is 9.59 Å². The van der Waals surface area contributed by atoms with E-state index in [1.807, 2.05) is 11.8 Å². The van der Waals surface area contributed by atoms with Gasteiger partial charge in [-0.2, -0.15) is 22.7 Å². The fraction of sp³-hybridized carbons (Fsp3) is 0.567. The van der Waals surface area contributed by atoms with E-state index in [0.717, 1.165) is 18.2 Å². The molecule has 2 amide bonds. The zero-order chi connectivity index (χ0) is 33.1. The van der Waals surface area contributed by atoms with Crippen molar-refractivity contribution in [3.8, 4) is 0 Å². The van der Waals surface area contributed by atoms with Gasteiger partial charge in [-0.05, 0) is 57.2 Å². The molecule has 3 fully saturated rings. The maximum atomic E-state index is 14.1. The van der Waals surface area contributed by atoms with Crippen molar-refractivity contribution in [3.05, 3.63) is 50.7 Å². The first-order valence-electron chi connectivity index (χ1n) is 15.2. The molecule has 3 aliphatic rings. The number of fused-ring (bicyclic) bond motifs is 2. The van der Waals surface area contributed by atoms with Crippen molar-refractivity contribution in [1.29, 1.82) is 0 Å². The number of rotatable bonds is 6. The van der Waals surface area contributed by atoms with Gasteiger partial charge in [0.1, 0.15) is 17.8 Å². The number of hydrogen-bond donors (Lipinski definition) is 1. The summed E-state index contributed by atoms with van der Waals surface area (Å²) in [5, 5.41) is 6.95. The Balaban J connectivity index is 1.33. The monoisotopic (exact) mass is 665 g/mol. The highest BCUT2D eigenvalue weighted by Crippen LogP contribution is 2.56. The van der Waals surface area contributed by atoms with Crippen LogP contribution in [-0.4, -0.2) is 81.1 Å². The Morgan fingerprint density at radius 3 is 2.37 bits per heavy atom. The number of benzene rings is 1. The summed E-state index contributed by atoms with van der Waals surface area (Å²) in [6.07, 6.45) is -4.67. The van der Waals surface area contributed by atoms with Gasteiger partial charge in [0.05, 0.1) is 35.2 Å². The Hall–Kier alpha value is -3.85. The molecule has 2 unspecified atom stereocenters. The number of aromatic nitrogens is 4. The summed E-state index contributed by atoms with van der Waals surface area (Å²) in [6.45, 7) is 9.43. The first-order valence-corrected chi connectivity index (χ1v) is 15.5. The molecule has 2 aromatic heterocycles. The molecule has 0 bridgehead atoms. The number of anilines is 2. The minimum atomic E-state index is -4.59. The fourth-order valence-electron chi connectivity index (χ4n) is 6.27. The lowest BCUT2D eigenvalue weighted by Crippen LogP contribution is -2.51. The quantitative estimate of drug-likeness (QED) is 0.416. The van der Waals surface area contributed by atoms with Crippen molar-refractivity contribution in [1.82, 2.24) is 24.1 Å². The van der Waals surface area contributed by atoms with Crippen LogP contribution < -0.4 is 15.8 Å². The lowest BCUT2D eigenvalue weighted by molar-refractivity contribution is -0.137. The summed E-state index contributed by atoms with van der Waals surface area (Å²) in [5.74, 6) is 0.710. The van der Waals surface area contributed by atoms with E-state index in [9.17, 15) is 27.6 Å². The molecule has 1 N–H and O–H groups in total. The molecule has 4 heterocycles. The zero-order valence-corrected chi connectivity index (χ0v) is 26.6. The topological polar surface area (TPSA) is 123 Å². The molecule has 46 heavy (non-hydrogen) atoms. The summed E-state index contributed by atoms with van der Waals surface area (Å²) < 4.78 is 53.3. The van der Waals surface area contributed by atoms with Crippen LogP contribution in [0.2, 0.25) is 5.02 Å². The standard InChI is InChI=1S/C30H35ClF3N7O5/c1-5-21-24(38-8-10-39(11-9-38)28(44)46-29(2,3)4)26(43)41-27(36-25(37-41)23-17-14-45-15-18(17)23)40(21)13-22(42)35-20-7-6-16(12-19(20)31)30(32,33)34/h6-7,12,17-18,23H,5,8-11,13-15H2,1-4H3,(H,35,42). The van der Waals surface area contributed by atoms with E-state index >= 15 is 0 Å². The Bertz CT molecular complexity index is 1730. The lowest BCUT2D eigenvalue weighted by Gasteiger charge is -2.37. The highest BCUT2D eigenvalue weighted by atomic mass is 35.5. The fourth-order valence-corrected chi connectivity index (χ4v) is 6.50. The normalized spacial score (nSPS) is 21.4. The second-order valence-electron chi connectivity index (χ2n) is 12.8. The number of hydrogen-bond acceptors (Lipinski definition) is 8. The van der Waals surface area contributed by atoms with E-state index < -0.39 is 29.3 Å². The van der Waals surface area contributed by atoms with Crippen LogP contribution in [0.1, 0.15) is 50.7 Å². The number of piperazine rings is 1. The first kappa shape index (κ1) is 32.1. The molecule has 0 spiro atoms. The first-order chi connectivity index (χ1) is 21.7. The van der Waals surface area contributed by atoms with Crippen LogP contribution in [0.5, 0.6) is 0 Å². The van der Waals surface area contributed by atoms with Gasteiger partial charge < -0.3 is 29.2 Å². The number of carbonyl (C=O) groups is 2. The average molecular weight is 666 g/mol. The number of alkyl halides is 3. The van der Waals surface area contributed by atoms with Crippen LogP contribution in [0.3, 0.4) is 0 Å². The minimum Gasteiger partial charge on any atom is -0.444 e. The molecule has 2 aliphatic heterocycles. The Morgan fingerprint density at radius 2 is 1.78 bits per heavy atom. The van der Waals surface area contributed by atoms with E-state index in [1.54, 1.807) is 30.2 Å². The van der Waals surface area contributed by atoms with Gasteiger partial charge in [0.25, 0.3) is 5.56 Å². The summed E-state index contributed by atoms with van der Waals surface area (Å²) in [7, 11) is 0. The van der Waals surface area contributed by atoms with Crippen LogP contribution >= 0.6 is 11.6 Å². The number of halogens is 4. The molecule has 3 aromatic rings. The minimum absolute atomic E-state index is 0.0150. The second-order valence-corrected chi connectivity index (χ2v) is 13.2. The molecule has 248 valence electrons. The summed E-state index contributed by atoms with van der Waals surface area (Å²) >= 11 is 6.10. The number of nitrogens with one attached hydrogen (secondary N) is 1. The molecular formula is C30H35ClF3N7O5. The maximum absolute atomic E-state index is 14.1. The van der Waals surface area contributed by atoms with Crippen molar-refractivity contribution in [2.24, 2.45) is 11.8 Å². The molecule has 6 rings (SSSR count). The predicted octanol–water partition coefficient (Wildman–Crippen LogP) is 4.18. The van der Waals surface area contributed by atoms with Gasteiger partial charge in [-0.25, -0.2) is 4.79 Å². The molecule has 1 aromatic carbocycles. The number of carbonyl (C=O) groups excluding carboxylic acids is 2. The SMILES string of the molecule is CCc1c(N2CCN(C(=O)OC(C)(C)C)CC2)c(=O)n2nc(C3C4COCC43)nc2n1CC(=O)Nc1ccc(C(F)(F)F)cc1Cl. The summed E-state index contributed by atoms with van der Waals surface area (Å²) in [6, 6.07) is 2.69. The molecule has 1 saturated carbocycles. The Kier molecular flexibility index (Phi) is 8.20. The molecular weight excluding hydrogens is 631 g/mol. The van der Waals surface area contributed by atoms with Crippen molar-refractivity contribution in [3.63, 3.8) is 0 Å². The van der Waals surface area contributed by atoms with Crippen LogP contribution in [-0.2, 0) is 33.4 Å². The third-order valence-electron chi connectivity index (χ3n) is 8.55. The third-order valence-corrected chi connectivity index (χ3v) is 8.86. The lowest BCUT2D eigenvalue weighted by atomic mass is 10.2. The molecule has 1 aliphatic carbocycles. The second kappa shape index (κ2) is 11.7. The highest BCUT2D eigenvalue weighted by molar-refractivity contribution is 6.33. The van der Waals surface area contributed by atoms with Crippen molar-refractivity contribution in [2.75, 3.05) is 49.6 Å². The zero-order valence-electron chi connectivity index (χ0n) is 25.9. The highest BCUT2D eigenvalue weighted by Gasteiger charge is 2.57. The van der Waals surface area contributed by atoms with Crippen molar-refractivity contribution < 1.29 is 32.2 Å². The molecule has 12 nitrogen and oxygen atoms in total. The Morgan fingerprint density at radius 1 is 1.11 bits per heavy atom. The Labute approximate surface area is 267 Å². The van der Waals surface area contributed by atoms with Gasteiger partial charge in [0.15, 0.2) is 5.82 Å². The third kappa shape index (κ3) is 6.14. The van der Waals surface area contributed by atoms with E-state index in [4.69, 9.17) is 26.1 Å². The van der Waals surface area contributed by atoms with E-state index in [0.29, 0.717) is 63.0 Å². The maximum Gasteiger partial charge on any atom is 0.416 e. The van der Waals surface area contributed by atoms with Gasteiger partial charge in [-0.1, -0.05) is 18.5 Å². The molecule has 16 heteroatoms. The van der Waals surface area contributed by atoms with E-state index in [2.05, 4.69) is 10.4 Å². The smallest absolute Gasteiger partial charge is 0.416 e. The summed E-state index contributed by atoms with van der Waals surface area (Å²) in [4.78, 5) is 48.4. The van der Waals surface area contributed by atoms with E-state index in [-0.39, 0.29) is 46.3 Å². The van der Waals surface area contributed by atoms with Crippen LogP contribution in [0.25, 0.3) is 5.78 Å². The molecule has 2 saturated heterocycles. The van der Waals surface area contributed by atoms with Gasteiger partial charge in [0, 0.05) is 32.1 Å². The van der Waals surface area contributed by atoms with Crippen LogP contribution in [0.4, 0.5) is 29.3 Å². The van der Waals surface area contributed by atoms with Crippen LogP contribution in [0, 0.1) is 11.8 Å². The average Bonchev–Trinajstić information content (AvgIpc) is 3.29. The van der Waals surface area contributed by atoms with Gasteiger partial charge in [-0.15, -0.1) is 5.10 Å².